The summed E-state index contributed by atoms with van der Waals surface area (Å²) < 4.78 is 8.64. The Morgan fingerprint density at radius 3 is 3.00 bits per heavy atom. The molecular weight excluding hydrogens is 332 g/mol. The van der Waals surface area contributed by atoms with Crippen molar-refractivity contribution >= 4 is 15.9 Å². The summed E-state index contributed by atoms with van der Waals surface area (Å²) >= 11 is 3.48. The van der Waals surface area contributed by atoms with Gasteiger partial charge < -0.3 is 10.1 Å². The molecule has 1 heterocycles. The van der Waals surface area contributed by atoms with Crippen LogP contribution in [0.1, 0.15) is 24.6 Å². The van der Waals surface area contributed by atoms with E-state index in [0.29, 0.717) is 13.2 Å². The van der Waals surface area contributed by atoms with Gasteiger partial charge >= 0.3 is 0 Å². The van der Waals surface area contributed by atoms with Crippen LogP contribution >= 0.6 is 15.9 Å². The van der Waals surface area contributed by atoms with E-state index in [4.69, 9.17) is 4.74 Å². The van der Waals surface area contributed by atoms with Crippen molar-refractivity contribution in [3.8, 4) is 5.75 Å². The summed E-state index contributed by atoms with van der Waals surface area (Å²) in [7, 11) is 0. The van der Waals surface area contributed by atoms with Crippen molar-refractivity contribution in [3.05, 3.63) is 40.1 Å². The smallest absolute Gasteiger partial charge is 0.119 e. The number of nitrogens with zero attached hydrogens (tertiary/aromatic N) is 3. The predicted molar refractivity (Wildman–Crippen MR) is 86.4 cm³/mol. The molecular formula is C15H21BrN4O. The van der Waals surface area contributed by atoms with E-state index in [2.05, 4.69) is 38.5 Å². The summed E-state index contributed by atoms with van der Waals surface area (Å²) in [6.07, 6.45) is 3.08. The summed E-state index contributed by atoms with van der Waals surface area (Å²) in [6, 6.07) is 5.97. The highest BCUT2D eigenvalue weighted by molar-refractivity contribution is 9.10. The number of hydrogen-bond acceptors (Lipinski definition) is 4. The topological polar surface area (TPSA) is 52.0 Å². The molecule has 0 saturated heterocycles. The molecule has 2 aromatic rings. The van der Waals surface area contributed by atoms with E-state index in [1.165, 1.54) is 0 Å². The van der Waals surface area contributed by atoms with Gasteiger partial charge in [-0.25, -0.2) is 4.68 Å². The maximum Gasteiger partial charge on any atom is 0.119 e. The van der Waals surface area contributed by atoms with Gasteiger partial charge in [0.05, 0.1) is 12.2 Å². The minimum Gasteiger partial charge on any atom is -0.492 e. The molecule has 0 aliphatic heterocycles. The third-order valence-electron chi connectivity index (χ3n) is 3.04. The number of halogens is 1. The van der Waals surface area contributed by atoms with E-state index in [-0.39, 0.29) is 0 Å². The maximum atomic E-state index is 5.73. The molecule has 21 heavy (non-hydrogen) atoms. The first-order valence-corrected chi connectivity index (χ1v) is 7.97. The molecule has 0 fully saturated rings. The van der Waals surface area contributed by atoms with Crippen LogP contribution in [-0.4, -0.2) is 28.1 Å². The summed E-state index contributed by atoms with van der Waals surface area (Å²) in [5, 5.41) is 11.5. The highest BCUT2D eigenvalue weighted by atomic mass is 79.9. The van der Waals surface area contributed by atoms with Gasteiger partial charge in [-0.05, 0) is 43.7 Å². The lowest BCUT2D eigenvalue weighted by Crippen LogP contribution is -2.14. The molecule has 0 aliphatic carbocycles. The SMILES string of the molecule is CCCNCc1cn(CCOc2ccc(Br)c(C)c2)nn1. The largest absolute Gasteiger partial charge is 0.492 e. The number of benzene rings is 1. The highest BCUT2D eigenvalue weighted by Crippen LogP contribution is 2.21. The average Bonchev–Trinajstić information content (AvgIpc) is 2.91. The van der Waals surface area contributed by atoms with Crippen molar-refractivity contribution in [3.63, 3.8) is 0 Å². The molecule has 6 heteroatoms. The molecule has 1 N–H and O–H groups in total. The summed E-state index contributed by atoms with van der Waals surface area (Å²) in [5.74, 6) is 0.876. The molecule has 0 bridgehead atoms. The molecule has 114 valence electrons. The van der Waals surface area contributed by atoms with Crippen LogP contribution in [0.5, 0.6) is 5.75 Å². The second-order valence-electron chi connectivity index (χ2n) is 4.91. The average molecular weight is 353 g/mol. The Bertz CT molecular complexity index is 571. The minimum atomic E-state index is 0.576. The zero-order valence-corrected chi connectivity index (χ0v) is 14.1. The summed E-state index contributed by atoms with van der Waals surface area (Å²) in [5.41, 5.74) is 2.13. The Morgan fingerprint density at radius 2 is 2.24 bits per heavy atom. The fourth-order valence-electron chi connectivity index (χ4n) is 1.89. The lowest BCUT2D eigenvalue weighted by Gasteiger charge is -2.07. The fraction of sp³-hybridized carbons (Fsp3) is 0.467. The third kappa shape index (κ3) is 5.13. The lowest BCUT2D eigenvalue weighted by atomic mass is 10.2. The Labute approximate surface area is 133 Å². The quantitative estimate of drug-likeness (QED) is 0.742. The molecule has 1 aromatic heterocycles. The van der Waals surface area contributed by atoms with Crippen LogP contribution in [-0.2, 0) is 13.1 Å². The molecule has 2 rings (SSSR count). The standard InChI is InChI=1S/C15H21BrN4O/c1-3-6-17-10-13-11-20(19-18-13)7-8-21-14-4-5-15(16)12(2)9-14/h4-5,9,11,17H,3,6-8,10H2,1-2H3. The van der Waals surface area contributed by atoms with Gasteiger partial charge in [-0.15, -0.1) is 5.10 Å². The van der Waals surface area contributed by atoms with Crippen molar-refractivity contribution in [1.82, 2.24) is 20.3 Å². The number of nitrogens with one attached hydrogen (secondary N) is 1. The second kappa shape index (κ2) is 8.14. The first-order chi connectivity index (χ1) is 10.2. The van der Waals surface area contributed by atoms with E-state index < -0.39 is 0 Å². The molecule has 0 spiro atoms. The van der Waals surface area contributed by atoms with Crippen molar-refractivity contribution in [2.45, 2.75) is 33.4 Å². The monoisotopic (exact) mass is 352 g/mol. The van der Waals surface area contributed by atoms with Gasteiger partial charge in [0.15, 0.2) is 0 Å². The predicted octanol–water partition coefficient (Wildman–Crippen LogP) is 2.93. The summed E-state index contributed by atoms with van der Waals surface area (Å²) in [6.45, 7) is 7.22. The van der Waals surface area contributed by atoms with Crippen LogP contribution in [0.25, 0.3) is 0 Å². The molecule has 0 unspecified atom stereocenters. The van der Waals surface area contributed by atoms with Gasteiger partial charge in [-0.2, -0.15) is 0 Å². The Balaban J connectivity index is 1.76. The highest BCUT2D eigenvalue weighted by Gasteiger charge is 2.02. The van der Waals surface area contributed by atoms with Crippen LogP contribution in [0, 0.1) is 6.92 Å². The number of aromatic nitrogens is 3. The van der Waals surface area contributed by atoms with Crippen molar-refractivity contribution < 1.29 is 4.74 Å². The zero-order valence-electron chi connectivity index (χ0n) is 12.5. The summed E-state index contributed by atoms with van der Waals surface area (Å²) in [4.78, 5) is 0. The van der Waals surface area contributed by atoms with E-state index in [1.54, 1.807) is 0 Å². The van der Waals surface area contributed by atoms with Crippen molar-refractivity contribution in [1.29, 1.82) is 0 Å². The zero-order chi connectivity index (χ0) is 15.1. The first-order valence-electron chi connectivity index (χ1n) is 7.17. The van der Waals surface area contributed by atoms with Gasteiger partial charge in [0.2, 0.25) is 0 Å². The Morgan fingerprint density at radius 1 is 1.38 bits per heavy atom. The van der Waals surface area contributed by atoms with Crippen LogP contribution in [0.3, 0.4) is 0 Å². The van der Waals surface area contributed by atoms with Crippen LogP contribution < -0.4 is 10.1 Å². The van der Waals surface area contributed by atoms with Crippen LogP contribution in [0.4, 0.5) is 0 Å². The number of aryl methyl sites for hydroxylation is 1. The van der Waals surface area contributed by atoms with Crippen molar-refractivity contribution in [2.75, 3.05) is 13.2 Å². The molecule has 0 amide bonds. The molecule has 0 radical (unpaired) electrons. The van der Waals surface area contributed by atoms with E-state index in [9.17, 15) is 0 Å². The molecule has 5 nitrogen and oxygen atoms in total. The Hall–Kier alpha value is -1.40. The van der Waals surface area contributed by atoms with Gasteiger partial charge in [0.25, 0.3) is 0 Å². The minimum absolute atomic E-state index is 0.576. The number of ether oxygens (including phenoxy) is 1. The van der Waals surface area contributed by atoms with Gasteiger partial charge in [0, 0.05) is 17.2 Å². The van der Waals surface area contributed by atoms with Gasteiger partial charge in [0.1, 0.15) is 12.4 Å². The maximum absolute atomic E-state index is 5.73. The van der Waals surface area contributed by atoms with Gasteiger partial charge in [-0.1, -0.05) is 28.1 Å². The molecule has 0 aliphatic rings. The van der Waals surface area contributed by atoms with Crippen LogP contribution in [0.2, 0.25) is 0 Å². The van der Waals surface area contributed by atoms with Crippen LogP contribution in [0.15, 0.2) is 28.9 Å². The fourth-order valence-corrected chi connectivity index (χ4v) is 2.13. The first kappa shape index (κ1) is 16.0. The number of hydrogen-bond donors (Lipinski definition) is 1. The normalized spacial score (nSPS) is 10.8. The molecule has 1 aromatic carbocycles. The van der Waals surface area contributed by atoms with Gasteiger partial charge in [-0.3, -0.25) is 0 Å². The van der Waals surface area contributed by atoms with E-state index in [1.807, 2.05) is 36.0 Å². The number of rotatable bonds is 8. The second-order valence-corrected chi connectivity index (χ2v) is 5.76. The Kier molecular flexibility index (Phi) is 6.20. The van der Waals surface area contributed by atoms with Crippen molar-refractivity contribution in [2.24, 2.45) is 0 Å². The third-order valence-corrected chi connectivity index (χ3v) is 3.93. The lowest BCUT2D eigenvalue weighted by molar-refractivity contribution is 0.289. The molecule has 0 saturated carbocycles. The van der Waals surface area contributed by atoms with E-state index in [0.717, 1.165) is 41.0 Å². The van der Waals surface area contributed by atoms with E-state index >= 15 is 0 Å². The molecule has 0 atom stereocenters.